The quantitative estimate of drug-likeness (QED) is 0.690. The van der Waals surface area contributed by atoms with E-state index in [9.17, 15) is 4.79 Å². The van der Waals surface area contributed by atoms with Gasteiger partial charge in [-0.15, -0.1) is 0 Å². The zero-order valence-corrected chi connectivity index (χ0v) is 14.5. The van der Waals surface area contributed by atoms with E-state index < -0.39 is 0 Å². The third-order valence-electron chi connectivity index (χ3n) is 4.09. The van der Waals surface area contributed by atoms with Gasteiger partial charge in [0.25, 0.3) is 0 Å². The summed E-state index contributed by atoms with van der Waals surface area (Å²) in [5.74, 6) is -0.338. The van der Waals surface area contributed by atoms with E-state index in [0.717, 1.165) is 32.7 Å². The molecule has 0 aliphatic heterocycles. The fourth-order valence-corrected chi connectivity index (χ4v) is 2.96. The fraction of sp³-hybridized carbons (Fsp3) is 0.143. The molecule has 2 aromatic heterocycles. The molecule has 0 aliphatic rings. The number of esters is 1. The molecule has 0 fully saturated rings. The molecule has 4 heteroatoms. The lowest BCUT2D eigenvalue weighted by atomic mass is 10.1. The van der Waals surface area contributed by atoms with Gasteiger partial charge in [0.05, 0.1) is 35.8 Å². The standard InChI is InChI=1S/C21H20N2O2/c1-5-6-19-15(3)7-8-17(22-19)13-23-10-9-16-11-14(2)12-18(20(16)23)21(24)25-4/h5-12H,1,3,13H2,2,4H3/b19-6+. The normalized spacial score (nSPS) is 11.7. The van der Waals surface area contributed by atoms with Gasteiger partial charge in [-0.3, -0.25) is 4.98 Å². The first kappa shape index (κ1) is 16.7. The number of methoxy groups -OCH3 is 1. The van der Waals surface area contributed by atoms with Crippen molar-refractivity contribution in [3.8, 4) is 0 Å². The van der Waals surface area contributed by atoms with E-state index >= 15 is 0 Å². The minimum Gasteiger partial charge on any atom is -0.465 e. The first-order valence-corrected chi connectivity index (χ1v) is 7.99. The number of rotatable bonds is 4. The smallest absolute Gasteiger partial charge is 0.340 e. The summed E-state index contributed by atoms with van der Waals surface area (Å²) >= 11 is 0. The third-order valence-corrected chi connectivity index (χ3v) is 4.09. The summed E-state index contributed by atoms with van der Waals surface area (Å²) in [6.07, 6.45) is 5.50. The predicted molar refractivity (Wildman–Crippen MR) is 101 cm³/mol. The Morgan fingerprint density at radius 1 is 1.32 bits per heavy atom. The maximum absolute atomic E-state index is 12.2. The molecule has 0 saturated carbocycles. The second-order valence-corrected chi connectivity index (χ2v) is 5.93. The van der Waals surface area contributed by atoms with Crippen molar-refractivity contribution in [2.75, 3.05) is 7.11 Å². The van der Waals surface area contributed by atoms with E-state index in [1.165, 1.54) is 7.11 Å². The van der Waals surface area contributed by atoms with E-state index in [4.69, 9.17) is 4.74 Å². The minimum atomic E-state index is -0.338. The number of aromatic nitrogens is 2. The van der Waals surface area contributed by atoms with Gasteiger partial charge < -0.3 is 9.30 Å². The average molecular weight is 332 g/mol. The van der Waals surface area contributed by atoms with Crippen LogP contribution in [0.3, 0.4) is 0 Å². The average Bonchev–Trinajstić information content (AvgIpc) is 2.99. The molecule has 0 aliphatic carbocycles. The Labute approximate surface area is 146 Å². The lowest BCUT2D eigenvalue weighted by molar-refractivity contribution is 0.0602. The third kappa shape index (κ3) is 3.24. The van der Waals surface area contributed by atoms with Crippen LogP contribution in [-0.4, -0.2) is 22.6 Å². The van der Waals surface area contributed by atoms with Crippen LogP contribution in [-0.2, 0) is 11.3 Å². The molecule has 25 heavy (non-hydrogen) atoms. The molecule has 3 aromatic rings. The molecule has 0 unspecified atom stereocenters. The Balaban J connectivity index is 2.13. The van der Waals surface area contributed by atoms with Crippen LogP contribution in [0.2, 0.25) is 0 Å². The van der Waals surface area contributed by atoms with Crippen LogP contribution in [0.15, 0.2) is 49.2 Å². The van der Waals surface area contributed by atoms with Crippen LogP contribution in [0.1, 0.15) is 21.6 Å². The van der Waals surface area contributed by atoms with Crippen molar-refractivity contribution in [1.29, 1.82) is 0 Å². The highest BCUT2D eigenvalue weighted by Crippen LogP contribution is 2.24. The lowest BCUT2D eigenvalue weighted by Crippen LogP contribution is -2.27. The number of hydrogen-bond acceptors (Lipinski definition) is 3. The van der Waals surface area contributed by atoms with Crippen molar-refractivity contribution in [3.05, 3.63) is 76.6 Å². The highest BCUT2D eigenvalue weighted by atomic mass is 16.5. The zero-order valence-electron chi connectivity index (χ0n) is 14.5. The SMILES string of the molecule is C=C/C=c1/nc(Cn2ccc3cc(C)cc(C(=O)OC)c32)ccc1=C. The molecule has 0 bridgehead atoms. The van der Waals surface area contributed by atoms with Gasteiger partial charge in [0, 0.05) is 11.6 Å². The summed E-state index contributed by atoms with van der Waals surface area (Å²) in [4.78, 5) is 16.8. The Hall–Kier alpha value is -3.14. The number of nitrogens with zero attached hydrogens (tertiary/aromatic N) is 2. The topological polar surface area (TPSA) is 44.1 Å². The van der Waals surface area contributed by atoms with Crippen molar-refractivity contribution < 1.29 is 9.53 Å². The van der Waals surface area contributed by atoms with E-state index in [2.05, 4.69) is 24.2 Å². The number of pyridine rings is 1. The highest BCUT2D eigenvalue weighted by Gasteiger charge is 2.15. The fourth-order valence-electron chi connectivity index (χ4n) is 2.96. The van der Waals surface area contributed by atoms with E-state index in [-0.39, 0.29) is 5.97 Å². The molecule has 2 heterocycles. The summed E-state index contributed by atoms with van der Waals surface area (Å²) in [5.41, 5.74) is 3.32. The second-order valence-electron chi connectivity index (χ2n) is 5.93. The Morgan fingerprint density at radius 2 is 2.12 bits per heavy atom. The number of carbonyl (C=O) groups excluding carboxylic acids is 1. The largest absolute Gasteiger partial charge is 0.465 e. The summed E-state index contributed by atoms with van der Waals surface area (Å²) in [5, 5.41) is 2.66. The van der Waals surface area contributed by atoms with Crippen LogP contribution < -0.4 is 10.6 Å². The van der Waals surface area contributed by atoms with Crippen LogP contribution in [0.5, 0.6) is 0 Å². The monoisotopic (exact) mass is 332 g/mol. The van der Waals surface area contributed by atoms with Crippen molar-refractivity contribution in [1.82, 2.24) is 9.55 Å². The van der Waals surface area contributed by atoms with Gasteiger partial charge in [-0.25, -0.2) is 4.79 Å². The lowest BCUT2D eigenvalue weighted by Gasteiger charge is -2.10. The van der Waals surface area contributed by atoms with E-state index in [1.54, 1.807) is 6.08 Å². The number of hydrogen-bond donors (Lipinski definition) is 0. The molecular weight excluding hydrogens is 312 g/mol. The summed E-state index contributed by atoms with van der Waals surface area (Å²) in [6.45, 7) is 10.2. The molecule has 126 valence electrons. The van der Waals surface area contributed by atoms with Crippen molar-refractivity contribution in [2.45, 2.75) is 13.5 Å². The second kappa shape index (κ2) is 6.77. The summed E-state index contributed by atoms with van der Waals surface area (Å²) in [7, 11) is 1.40. The van der Waals surface area contributed by atoms with E-state index in [0.29, 0.717) is 12.1 Å². The van der Waals surface area contributed by atoms with Crippen molar-refractivity contribution in [2.24, 2.45) is 0 Å². The maximum atomic E-state index is 12.2. The van der Waals surface area contributed by atoms with Crippen LogP contribution in [0.4, 0.5) is 0 Å². The number of fused-ring (bicyclic) bond motifs is 1. The minimum absolute atomic E-state index is 0.338. The molecular formula is C21H20N2O2. The molecule has 3 rings (SSSR count). The van der Waals surface area contributed by atoms with Gasteiger partial charge >= 0.3 is 5.97 Å². The molecule has 0 atom stereocenters. The van der Waals surface area contributed by atoms with Crippen LogP contribution in [0, 0.1) is 6.92 Å². The first-order chi connectivity index (χ1) is 12.0. The number of benzene rings is 1. The van der Waals surface area contributed by atoms with Gasteiger partial charge in [-0.1, -0.05) is 25.3 Å². The van der Waals surface area contributed by atoms with Gasteiger partial charge in [-0.05, 0) is 48.0 Å². The van der Waals surface area contributed by atoms with Gasteiger partial charge in [0.15, 0.2) is 0 Å². The molecule has 0 saturated heterocycles. The molecule has 0 N–H and O–H groups in total. The van der Waals surface area contributed by atoms with Crippen molar-refractivity contribution >= 4 is 29.5 Å². The molecule has 1 aromatic carbocycles. The molecule has 0 amide bonds. The highest BCUT2D eigenvalue weighted by molar-refractivity contribution is 6.03. The number of aryl methyl sites for hydroxylation is 1. The number of carbonyl (C=O) groups is 1. The first-order valence-electron chi connectivity index (χ1n) is 7.99. The van der Waals surface area contributed by atoms with Gasteiger partial charge in [0.1, 0.15) is 0 Å². The maximum Gasteiger partial charge on any atom is 0.340 e. The van der Waals surface area contributed by atoms with Crippen molar-refractivity contribution in [3.63, 3.8) is 0 Å². The van der Waals surface area contributed by atoms with Gasteiger partial charge in [0.2, 0.25) is 0 Å². The molecule has 0 radical (unpaired) electrons. The molecule has 4 nitrogen and oxygen atoms in total. The van der Waals surface area contributed by atoms with Gasteiger partial charge in [-0.2, -0.15) is 0 Å². The van der Waals surface area contributed by atoms with E-state index in [1.807, 2.05) is 48.0 Å². The Kier molecular flexibility index (Phi) is 4.52. The number of allylic oxidation sites excluding steroid dienone is 1. The summed E-state index contributed by atoms with van der Waals surface area (Å²) in [6, 6.07) is 9.80. The number of ether oxygens (including phenoxy) is 1. The summed E-state index contributed by atoms with van der Waals surface area (Å²) < 4.78 is 6.97. The zero-order chi connectivity index (χ0) is 18.0. The molecule has 0 spiro atoms. The Bertz CT molecular complexity index is 1080. The predicted octanol–water partition coefficient (Wildman–Crippen LogP) is 2.56. The Morgan fingerprint density at radius 3 is 2.84 bits per heavy atom. The van der Waals surface area contributed by atoms with Crippen LogP contribution in [0.25, 0.3) is 23.6 Å². The van der Waals surface area contributed by atoms with Crippen LogP contribution >= 0.6 is 0 Å².